The summed E-state index contributed by atoms with van der Waals surface area (Å²) in [7, 11) is 0. The first-order chi connectivity index (χ1) is 8.90. The molecule has 5 heteroatoms. The van der Waals surface area contributed by atoms with E-state index in [4.69, 9.17) is 5.11 Å². The van der Waals surface area contributed by atoms with E-state index in [9.17, 15) is 9.59 Å². The highest BCUT2D eigenvalue weighted by Crippen LogP contribution is 2.16. The third-order valence-corrected chi connectivity index (χ3v) is 3.37. The lowest BCUT2D eigenvalue weighted by Gasteiger charge is -2.29. The van der Waals surface area contributed by atoms with Crippen molar-refractivity contribution < 1.29 is 14.7 Å². The van der Waals surface area contributed by atoms with Gasteiger partial charge in [-0.05, 0) is 31.4 Å². The molecule has 1 amide bonds. The summed E-state index contributed by atoms with van der Waals surface area (Å²) in [4.78, 5) is 23.1. The second kappa shape index (κ2) is 5.01. The topological polar surface area (TPSA) is 78.4 Å². The Hall–Kier alpha value is -1.88. The van der Waals surface area contributed by atoms with E-state index in [1.165, 1.54) is 19.4 Å². The third kappa shape index (κ3) is 2.93. The van der Waals surface area contributed by atoms with Gasteiger partial charge in [-0.3, -0.25) is 4.79 Å². The molecule has 1 aromatic rings. The van der Waals surface area contributed by atoms with Crippen molar-refractivity contribution in [3.05, 3.63) is 35.4 Å². The van der Waals surface area contributed by atoms with Crippen LogP contribution in [0.5, 0.6) is 0 Å². The van der Waals surface area contributed by atoms with E-state index >= 15 is 0 Å². The first-order valence-electron chi connectivity index (χ1n) is 6.26. The first-order valence-corrected chi connectivity index (χ1v) is 6.26. The highest BCUT2D eigenvalue weighted by atomic mass is 16.4. The van der Waals surface area contributed by atoms with E-state index in [2.05, 4.69) is 10.6 Å². The Morgan fingerprint density at radius 1 is 1.32 bits per heavy atom. The van der Waals surface area contributed by atoms with Crippen molar-refractivity contribution in [2.24, 2.45) is 0 Å². The van der Waals surface area contributed by atoms with Gasteiger partial charge in [0.1, 0.15) is 5.54 Å². The smallest absolute Gasteiger partial charge is 0.328 e. The number of hydrogen-bond donors (Lipinski definition) is 3. The van der Waals surface area contributed by atoms with Gasteiger partial charge in [-0.1, -0.05) is 24.3 Å². The van der Waals surface area contributed by atoms with Crippen molar-refractivity contribution >= 4 is 11.9 Å². The van der Waals surface area contributed by atoms with Gasteiger partial charge in [0.2, 0.25) is 5.91 Å². The van der Waals surface area contributed by atoms with Crippen molar-refractivity contribution in [2.45, 2.75) is 38.4 Å². The standard InChI is InChI=1S/C14H18N2O3/c1-14(2,13(18)19)16-12(17)11-7-9-5-3-4-6-10(9)8-15-11/h3-6,11,15H,7-8H2,1-2H3,(H,16,17)(H,18,19). The lowest BCUT2D eigenvalue weighted by atomic mass is 9.94. The minimum absolute atomic E-state index is 0.276. The molecular weight excluding hydrogens is 244 g/mol. The Kier molecular flexibility index (Phi) is 3.57. The number of fused-ring (bicyclic) bond motifs is 1. The number of benzene rings is 1. The molecule has 0 fully saturated rings. The van der Waals surface area contributed by atoms with Crippen LogP contribution in [0.2, 0.25) is 0 Å². The van der Waals surface area contributed by atoms with Crippen LogP contribution in [0.3, 0.4) is 0 Å². The summed E-state index contributed by atoms with van der Waals surface area (Å²) < 4.78 is 0. The number of amides is 1. The molecule has 0 saturated carbocycles. The summed E-state index contributed by atoms with van der Waals surface area (Å²) in [5.74, 6) is -1.32. The van der Waals surface area contributed by atoms with Gasteiger partial charge >= 0.3 is 5.97 Å². The van der Waals surface area contributed by atoms with Gasteiger partial charge < -0.3 is 15.7 Å². The molecule has 0 aliphatic carbocycles. The molecule has 0 spiro atoms. The fourth-order valence-corrected chi connectivity index (χ4v) is 2.09. The molecule has 19 heavy (non-hydrogen) atoms. The largest absolute Gasteiger partial charge is 0.480 e. The van der Waals surface area contributed by atoms with Crippen molar-refractivity contribution in [3.63, 3.8) is 0 Å². The first kappa shape index (κ1) is 13.5. The summed E-state index contributed by atoms with van der Waals surface area (Å²) in [6, 6.07) is 7.55. The number of carbonyl (C=O) groups excluding carboxylic acids is 1. The summed E-state index contributed by atoms with van der Waals surface area (Å²) >= 11 is 0. The zero-order valence-corrected chi connectivity index (χ0v) is 11.1. The van der Waals surface area contributed by atoms with Crippen molar-refractivity contribution in [1.29, 1.82) is 0 Å². The summed E-state index contributed by atoms with van der Waals surface area (Å²) in [5.41, 5.74) is 1.06. The minimum atomic E-state index is -1.25. The summed E-state index contributed by atoms with van der Waals surface area (Å²) in [5, 5.41) is 14.7. The van der Waals surface area contributed by atoms with Crippen LogP contribution in [-0.4, -0.2) is 28.6 Å². The van der Waals surface area contributed by atoms with E-state index in [1.807, 2.05) is 24.3 Å². The van der Waals surface area contributed by atoms with Crippen LogP contribution in [0.25, 0.3) is 0 Å². The van der Waals surface area contributed by atoms with Gasteiger partial charge in [0.25, 0.3) is 0 Å². The molecule has 1 heterocycles. The highest BCUT2D eigenvalue weighted by Gasteiger charge is 2.33. The van der Waals surface area contributed by atoms with Crippen LogP contribution in [0, 0.1) is 0 Å². The molecule has 0 radical (unpaired) electrons. The fraction of sp³-hybridized carbons (Fsp3) is 0.429. The number of hydrogen-bond acceptors (Lipinski definition) is 3. The zero-order chi connectivity index (χ0) is 14.0. The number of rotatable bonds is 3. The highest BCUT2D eigenvalue weighted by molar-refractivity contribution is 5.89. The maximum atomic E-state index is 12.1. The monoisotopic (exact) mass is 262 g/mol. The molecule has 1 aromatic carbocycles. The van der Waals surface area contributed by atoms with Crippen LogP contribution >= 0.6 is 0 Å². The molecule has 1 unspecified atom stereocenters. The second-order valence-electron chi connectivity index (χ2n) is 5.33. The van der Waals surface area contributed by atoms with Crippen LogP contribution in [0.15, 0.2) is 24.3 Å². The molecule has 5 nitrogen and oxygen atoms in total. The number of aliphatic carboxylic acids is 1. The molecule has 0 saturated heterocycles. The average molecular weight is 262 g/mol. The van der Waals surface area contributed by atoms with E-state index < -0.39 is 11.5 Å². The number of carboxylic acid groups (broad SMARTS) is 1. The molecule has 2 rings (SSSR count). The quantitative estimate of drug-likeness (QED) is 0.748. The fourth-order valence-electron chi connectivity index (χ4n) is 2.09. The summed E-state index contributed by atoms with van der Waals surface area (Å²) in [6.07, 6.45) is 0.581. The maximum absolute atomic E-state index is 12.1. The lowest BCUT2D eigenvalue weighted by Crippen LogP contribution is -2.56. The van der Waals surface area contributed by atoms with Crippen molar-refractivity contribution in [1.82, 2.24) is 10.6 Å². The van der Waals surface area contributed by atoms with Crippen molar-refractivity contribution in [2.75, 3.05) is 0 Å². The molecule has 1 aliphatic heterocycles. The lowest BCUT2D eigenvalue weighted by molar-refractivity contribution is -0.146. The Labute approximate surface area is 112 Å². The van der Waals surface area contributed by atoms with Gasteiger partial charge in [0.15, 0.2) is 0 Å². The molecule has 1 aliphatic rings. The zero-order valence-electron chi connectivity index (χ0n) is 11.1. The van der Waals surface area contributed by atoms with E-state index in [-0.39, 0.29) is 11.9 Å². The second-order valence-corrected chi connectivity index (χ2v) is 5.33. The molecule has 102 valence electrons. The van der Waals surface area contributed by atoms with Crippen molar-refractivity contribution in [3.8, 4) is 0 Å². The molecule has 1 atom stereocenters. The Morgan fingerprint density at radius 3 is 2.58 bits per heavy atom. The Balaban J connectivity index is 2.05. The van der Waals surface area contributed by atoms with Gasteiger partial charge in [0.05, 0.1) is 6.04 Å². The Bertz CT molecular complexity index is 511. The predicted molar refractivity (Wildman–Crippen MR) is 70.6 cm³/mol. The van der Waals surface area contributed by atoms with E-state index in [0.717, 1.165) is 5.56 Å². The van der Waals surface area contributed by atoms with Crippen LogP contribution in [0.1, 0.15) is 25.0 Å². The van der Waals surface area contributed by atoms with Gasteiger partial charge in [0, 0.05) is 6.54 Å². The minimum Gasteiger partial charge on any atom is -0.480 e. The van der Waals surface area contributed by atoms with Crippen LogP contribution < -0.4 is 10.6 Å². The van der Waals surface area contributed by atoms with Gasteiger partial charge in [-0.2, -0.15) is 0 Å². The summed E-state index contributed by atoms with van der Waals surface area (Å²) in [6.45, 7) is 3.58. The molecular formula is C14H18N2O3. The van der Waals surface area contributed by atoms with Crippen LogP contribution in [0.4, 0.5) is 0 Å². The van der Waals surface area contributed by atoms with E-state index in [1.54, 1.807) is 0 Å². The van der Waals surface area contributed by atoms with E-state index in [0.29, 0.717) is 13.0 Å². The predicted octanol–water partition coefficient (Wildman–Crippen LogP) is 0.680. The average Bonchev–Trinajstić information content (AvgIpc) is 2.37. The normalized spacial score (nSPS) is 18.5. The molecule has 0 aromatic heterocycles. The van der Waals surface area contributed by atoms with Gasteiger partial charge in [-0.15, -0.1) is 0 Å². The number of nitrogens with one attached hydrogen (secondary N) is 2. The molecule has 0 bridgehead atoms. The van der Waals surface area contributed by atoms with Gasteiger partial charge in [-0.25, -0.2) is 4.79 Å². The Morgan fingerprint density at radius 2 is 1.95 bits per heavy atom. The SMILES string of the molecule is CC(C)(NC(=O)C1Cc2ccccc2CN1)C(=O)O. The number of carbonyl (C=O) groups is 2. The van der Waals surface area contributed by atoms with Crippen LogP contribution in [-0.2, 0) is 22.6 Å². The number of carboxylic acids is 1. The third-order valence-electron chi connectivity index (χ3n) is 3.37. The molecule has 3 N–H and O–H groups in total. The maximum Gasteiger partial charge on any atom is 0.328 e.